The molecule has 2 aromatic heterocycles. The van der Waals surface area contributed by atoms with E-state index in [9.17, 15) is 4.79 Å². The Bertz CT molecular complexity index is 704. The van der Waals surface area contributed by atoms with Crippen LogP contribution in [0.3, 0.4) is 0 Å². The molecule has 7 nitrogen and oxygen atoms in total. The normalized spacial score (nSPS) is 19.2. The van der Waals surface area contributed by atoms with Crippen molar-refractivity contribution < 1.29 is 4.79 Å². The maximum absolute atomic E-state index is 12.6. The number of aromatic nitrogens is 4. The van der Waals surface area contributed by atoms with Crippen LogP contribution in [-0.2, 0) is 13.6 Å². The van der Waals surface area contributed by atoms with Crippen LogP contribution in [0.15, 0.2) is 24.9 Å². The summed E-state index contributed by atoms with van der Waals surface area (Å²) in [6.07, 6.45) is 7.26. The molecule has 0 N–H and O–H groups in total. The van der Waals surface area contributed by atoms with Gasteiger partial charge in [0, 0.05) is 57.7 Å². The lowest BCUT2D eigenvalue weighted by molar-refractivity contribution is 0.0470. The molecule has 0 aromatic carbocycles. The number of aryl methyl sites for hydroxylation is 1. The van der Waals surface area contributed by atoms with Crippen molar-refractivity contribution >= 4 is 5.91 Å². The maximum Gasteiger partial charge on any atom is 0.257 e. The highest BCUT2D eigenvalue weighted by Gasteiger charge is 2.29. The van der Waals surface area contributed by atoms with Crippen LogP contribution >= 0.6 is 0 Å². The summed E-state index contributed by atoms with van der Waals surface area (Å²) in [7, 11) is 1.83. The summed E-state index contributed by atoms with van der Waals surface area (Å²) in [5.41, 5.74) is 1.89. The molecule has 0 bridgehead atoms. The minimum atomic E-state index is 0.0717. The Morgan fingerprint density at radius 2 is 2.12 bits per heavy atom. The SMILES string of the molecule is CC(C)n1cncc1CN1CCN(C(=O)c2cnn(C)c2)[C@@H](C)C1. The summed E-state index contributed by atoms with van der Waals surface area (Å²) in [5, 5.41) is 4.10. The predicted molar refractivity (Wildman–Crippen MR) is 91.6 cm³/mol. The first-order valence-corrected chi connectivity index (χ1v) is 8.48. The van der Waals surface area contributed by atoms with Crippen molar-refractivity contribution in [2.45, 2.75) is 39.4 Å². The van der Waals surface area contributed by atoms with E-state index in [0.717, 1.165) is 26.2 Å². The summed E-state index contributed by atoms with van der Waals surface area (Å²) in [6.45, 7) is 9.80. The zero-order valence-corrected chi connectivity index (χ0v) is 14.9. The summed E-state index contributed by atoms with van der Waals surface area (Å²) in [5.74, 6) is 0.0717. The summed E-state index contributed by atoms with van der Waals surface area (Å²) in [4.78, 5) is 21.3. The van der Waals surface area contributed by atoms with Gasteiger partial charge < -0.3 is 9.47 Å². The quantitative estimate of drug-likeness (QED) is 0.853. The van der Waals surface area contributed by atoms with E-state index >= 15 is 0 Å². The number of rotatable bonds is 4. The molecule has 2 aromatic rings. The Morgan fingerprint density at radius 3 is 2.75 bits per heavy atom. The molecule has 3 heterocycles. The van der Waals surface area contributed by atoms with Gasteiger partial charge in [0.05, 0.1) is 23.8 Å². The fourth-order valence-electron chi connectivity index (χ4n) is 3.32. The van der Waals surface area contributed by atoms with Gasteiger partial charge in [-0.15, -0.1) is 0 Å². The monoisotopic (exact) mass is 330 g/mol. The van der Waals surface area contributed by atoms with Crippen LogP contribution < -0.4 is 0 Å². The van der Waals surface area contributed by atoms with E-state index < -0.39 is 0 Å². The molecule has 1 fully saturated rings. The first-order valence-electron chi connectivity index (χ1n) is 8.48. The average Bonchev–Trinajstić information content (AvgIpc) is 3.16. The van der Waals surface area contributed by atoms with E-state index in [1.165, 1.54) is 5.69 Å². The van der Waals surface area contributed by atoms with Crippen molar-refractivity contribution in [3.05, 3.63) is 36.2 Å². The van der Waals surface area contributed by atoms with Gasteiger partial charge in [-0.25, -0.2) is 4.98 Å². The molecule has 1 atom stereocenters. The highest BCUT2D eigenvalue weighted by molar-refractivity contribution is 5.94. The minimum absolute atomic E-state index is 0.0717. The molecular formula is C17H26N6O. The van der Waals surface area contributed by atoms with E-state index in [2.05, 4.69) is 40.3 Å². The molecule has 0 aliphatic carbocycles. The van der Waals surface area contributed by atoms with Crippen LogP contribution in [0.4, 0.5) is 0 Å². The van der Waals surface area contributed by atoms with Crippen LogP contribution in [0.5, 0.6) is 0 Å². The first-order chi connectivity index (χ1) is 11.5. The van der Waals surface area contributed by atoms with Gasteiger partial charge in [-0.2, -0.15) is 5.10 Å². The Hall–Kier alpha value is -2.15. The van der Waals surface area contributed by atoms with Gasteiger partial charge in [0.2, 0.25) is 0 Å². The number of amides is 1. The largest absolute Gasteiger partial charge is 0.333 e. The Morgan fingerprint density at radius 1 is 1.33 bits per heavy atom. The molecule has 1 amide bonds. The molecule has 130 valence electrons. The molecule has 1 saturated heterocycles. The number of carbonyl (C=O) groups is 1. The van der Waals surface area contributed by atoms with Gasteiger partial charge in [-0.1, -0.05) is 0 Å². The first kappa shape index (κ1) is 16.7. The molecule has 0 spiro atoms. The van der Waals surface area contributed by atoms with Crippen LogP contribution in [0.25, 0.3) is 0 Å². The second-order valence-corrected chi connectivity index (χ2v) is 6.87. The third kappa shape index (κ3) is 3.36. The average molecular weight is 330 g/mol. The molecular weight excluding hydrogens is 304 g/mol. The molecule has 24 heavy (non-hydrogen) atoms. The van der Waals surface area contributed by atoms with Crippen molar-refractivity contribution in [1.29, 1.82) is 0 Å². The summed E-state index contributed by atoms with van der Waals surface area (Å²) < 4.78 is 3.87. The Kier molecular flexibility index (Phi) is 4.71. The number of imidazole rings is 1. The van der Waals surface area contributed by atoms with E-state index in [0.29, 0.717) is 11.6 Å². The van der Waals surface area contributed by atoms with E-state index in [1.807, 2.05) is 24.5 Å². The van der Waals surface area contributed by atoms with Crippen LogP contribution in [0, 0.1) is 0 Å². The lowest BCUT2D eigenvalue weighted by Gasteiger charge is -2.39. The van der Waals surface area contributed by atoms with Gasteiger partial charge >= 0.3 is 0 Å². The van der Waals surface area contributed by atoms with Gasteiger partial charge in [0.25, 0.3) is 5.91 Å². The summed E-state index contributed by atoms with van der Waals surface area (Å²) in [6, 6.07) is 0.593. The second kappa shape index (κ2) is 6.76. The fraction of sp³-hybridized carbons (Fsp3) is 0.588. The lowest BCUT2D eigenvalue weighted by atomic mass is 10.1. The second-order valence-electron chi connectivity index (χ2n) is 6.87. The van der Waals surface area contributed by atoms with Gasteiger partial charge in [-0.05, 0) is 20.8 Å². The van der Waals surface area contributed by atoms with Crippen molar-refractivity contribution in [2.75, 3.05) is 19.6 Å². The molecule has 0 radical (unpaired) electrons. The molecule has 7 heteroatoms. The Balaban J connectivity index is 1.63. The Labute approximate surface area is 142 Å². The van der Waals surface area contributed by atoms with Crippen LogP contribution in [-0.4, -0.2) is 60.7 Å². The van der Waals surface area contributed by atoms with Crippen molar-refractivity contribution in [3.8, 4) is 0 Å². The van der Waals surface area contributed by atoms with Gasteiger partial charge in [0.15, 0.2) is 0 Å². The minimum Gasteiger partial charge on any atom is -0.333 e. The molecule has 0 saturated carbocycles. The molecule has 0 unspecified atom stereocenters. The van der Waals surface area contributed by atoms with E-state index in [1.54, 1.807) is 17.1 Å². The third-order valence-electron chi connectivity index (χ3n) is 4.61. The van der Waals surface area contributed by atoms with E-state index in [-0.39, 0.29) is 11.9 Å². The predicted octanol–water partition coefficient (Wildman–Crippen LogP) is 1.54. The van der Waals surface area contributed by atoms with Gasteiger partial charge in [-0.3, -0.25) is 14.4 Å². The maximum atomic E-state index is 12.6. The number of nitrogens with zero attached hydrogens (tertiary/aromatic N) is 6. The number of hydrogen-bond acceptors (Lipinski definition) is 4. The lowest BCUT2D eigenvalue weighted by Crippen LogP contribution is -2.53. The molecule has 3 rings (SSSR count). The zero-order valence-electron chi connectivity index (χ0n) is 14.9. The van der Waals surface area contributed by atoms with E-state index in [4.69, 9.17) is 0 Å². The van der Waals surface area contributed by atoms with Crippen LogP contribution in [0.2, 0.25) is 0 Å². The highest BCUT2D eigenvalue weighted by atomic mass is 16.2. The van der Waals surface area contributed by atoms with Crippen LogP contribution in [0.1, 0.15) is 42.9 Å². The summed E-state index contributed by atoms with van der Waals surface area (Å²) >= 11 is 0. The number of carbonyl (C=O) groups excluding carboxylic acids is 1. The number of piperazine rings is 1. The molecule has 1 aliphatic rings. The number of hydrogen-bond donors (Lipinski definition) is 0. The zero-order chi connectivity index (χ0) is 17.3. The highest BCUT2D eigenvalue weighted by Crippen LogP contribution is 2.17. The topological polar surface area (TPSA) is 59.2 Å². The smallest absolute Gasteiger partial charge is 0.257 e. The van der Waals surface area contributed by atoms with Crippen molar-refractivity contribution in [2.24, 2.45) is 7.05 Å². The standard InChI is InChI=1S/C17H26N6O/c1-13(2)23-12-18-8-16(23)11-21-5-6-22(14(3)9-21)17(24)15-7-19-20(4)10-15/h7-8,10,12-14H,5-6,9,11H2,1-4H3/t14-/m0/s1. The van der Waals surface area contributed by atoms with Crippen molar-refractivity contribution in [1.82, 2.24) is 29.1 Å². The third-order valence-corrected chi connectivity index (χ3v) is 4.61. The fourth-order valence-corrected chi connectivity index (χ4v) is 3.32. The molecule has 1 aliphatic heterocycles. The van der Waals surface area contributed by atoms with Crippen molar-refractivity contribution in [3.63, 3.8) is 0 Å². The van der Waals surface area contributed by atoms with Gasteiger partial charge in [0.1, 0.15) is 0 Å².